The van der Waals surface area contributed by atoms with Crippen LogP contribution in [0.25, 0.3) is 0 Å². The van der Waals surface area contributed by atoms with E-state index in [0.29, 0.717) is 23.7 Å². The fraction of sp³-hybridized carbons (Fsp3) is 0.417. The predicted octanol–water partition coefficient (Wildman–Crippen LogP) is 0.610. The van der Waals surface area contributed by atoms with Crippen LogP contribution in [-0.4, -0.2) is 49.7 Å². The van der Waals surface area contributed by atoms with Gasteiger partial charge in [0.15, 0.2) is 0 Å². The van der Waals surface area contributed by atoms with Crippen LogP contribution >= 0.6 is 11.6 Å². The van der Waals surface area contributed by atoms with Crippen LogP contribution in [0.5, 0.6) is 0 Å². The van der Waals surface area contributed by atoms with Crippen molar-refractivity contribution in [3.63, 3.8) is 0 Å². The van der Waals surface area contributed by atoms with E-state index in [1.54, 1.807) is 23.1 Å². The smallest absolute Gasteiger partial charge is 0.277 e. The third-order valence-corrected chi connectivity index (χ3v) is 4.80. The molecule has 1 saturated heterocycles. The van der Waals surface area contributed by atoms with Gasteiger partial charge < -0.3 is 4.90 Å². The number of hydrogen-bond donors (Lipinski definition) is 1. The van der Waals surface area contributed by atoms with Crippen molar-refractivity contribution in [3.8, 4) is 0 Å². The minimum Gasteiger partial charge on any atom is -0.336 e. The number of hydrogen-bond acceptors (Lipinski definition) is 3. The first-order valence-electron chi connectivity index (χ1n) is 6.12. The second kappa shape index (κ2) is 5.69. The summed E-state index contributed by atoms with van der Waals surface area (Å²) < 4.78 is 23.6. The van der Waals surface area contributed by atoms with Crippen LogP contribution in [0, 0.1) is 6.92 Å². The van der Waals surface area contributed by atoms with Crippen molar-refractivity contribution in [2.24, 2.45) is 5.14 Å². The summed E-state index contributed by atoms with van der Waals surface area (Å²) in [6.45, 7) is 2.93. The van der Waals surface area contributed by atoms with E-state index < -0.39 is 10.2 Å². The highest BCUT2D eigenvalue weighted by atomic mass is 35.5. The molecule has 0 unspecified atom stereocenters. The van der Waals surface area contributed by atoms with Crippen molar-refractivity contribution in [1.29, 1.82) is 0 Å². The minimum atomic E-state index is -3.67. The molecule has 1 aliphatic rings. The van der Waals surface area contributed by atoms with Crippen LogP contribution in [0.15, 0.2) is 18.2 Å². The van der Waals surface area contributed by atoms with Gasteiger partial charge in [0.1, 0.15) is 0 Å². The first kappa shape index (κ1) is 15.2. The van der Waals surface area contributed by atoms with Crippen molar-refractivity contribution in [3.05, 3.63) is 34.3 Å². The lowest BCUT2D eigenvalue weighted by molar-refractivity contribution is 0.0698. The molecule has 0 atom stereocenters. The molecule has 0 spiro atoms. The monoisotopic (exact) mass is 317 g/mol. The number of piperazine rings is 1. The Hall–Kier alpha value is -1.15. The molecule has 2 rings (SSSR count). The van der Waals surface area contributed by atoms with Gasteiger partial charge in [-0.15, -0.1) is 0 Å². The Bertz CT molecular complexity index is 625. The van der Waals surface area contributed by atoms with E-state index in [1.165, 1.54) is 4.31 Å². The first-order valence-corrected chi connectivity index (χ1v) is 8.00. The number of nitrogens with zero attached hydrogens (tertiary/aromatic N) is 2. The van der Waals surface area contributed by atoms with E-state index in [4.69, 9.17) is 16.7 Å². The lowest BCUT2D eigenvalue weighted by Crippen LogP contribution is -2.52. The fourth-order valence-corrected chi connectivity index (χ4v) is 2.90. The molecule has 20 heavy (non-hydrogen) atoms. The average Bonchev–Trinajstić information content (AvgIpc) is 2.40. The molecular formula is C12H16ClN3O3S. The number of nitrogens with two attached hydrogens (primary N) is 1. The summed E-state index contributed by atoms with van der Waals surface area (Å²) in [5.74, 6) is -0.126. The Kier molecular flexibility index (Phi) is 4.33. The number of rotatable bonds is 2. The van der Waals surface area contributed by atoms with Crippen LogP contribution in [0.2, 0.25) is 5.02 Å². The van der Waals surface area contributed by atoms with E-state index in [2.05, 4.69) is 0 Å². The molecule has 1 aliphatic heterocycles. The van der Waals surface area contributed by atoms with Gasteiger partial charge in [-0.2, -0.15) is 12.7 Å². The Morgan fingerprint density at radius 2 is 1.85 bits per heavy atom. The summed E-state index contributed by atoms with van der Waals surface area (Å²) in [7, 11) is -3.67. The van der Waals surface area contributed by atoms with Crippen LogP contribution in [-0.2, 0) is 10.2 Å². The molecule has 0 radical (unpaired) electrons. The van der Waals surface area contributed by atoms with Crippen molar-refractivity contribution in [1.82, 2.24) is 9.21 Å². The number of carbonyl (C=O) groups is 1. The quantitative estimate of drug-likeness (QED) is 0.867. The zero-order valence-electron chi connectivity index (χ0n) is 11.0. The van der Waals surface area contributed by atoms with Gasteiger partial charge in [0, 0.05) is 36.8 Å². The van der Waals surface area contributed by atoms with E-state index in [9.17, 15) is 13.2 Å². The average molecular weight is 318 g/mol. The molecule has 1 aromatic carbocycles. The molecule has 110 valence electrons. The second-order valence-electron chi connectivity index (χ2n) is 4.70. The van der Waals surface area contributed by atoms with Crippen LogP contribution < -0.4 is 5.14 Å². The maximum Gasteiger partial charge on any atom is 0.277 e. The number of benzene rings is 1. The number of carbonyl (C=O) groups excluding carboxylic acids is 1. The SMILES string of the molecule is Cc1cc(C(=O)N2CCN(S(N)(=O)=O)CC2)ccc1Cl. The van der Waals surface area contributed by atoms with Crippen LogP contribution in [0.4, 0.5) is 0 Å². The Labute approximate surface area is 123 Å². The molecule has 0 saturated carbocycles. The van der Waals surface area contributed by atoms with E-state index in [1.807, 2.05) is 6.92 Å². The summed E-state index contributed by atoms with van der Waals surface area (Å²) in [5.41, 5.74) is 1.39. The molecule has 1 aromatic rings. The van der Waals surface area contributed by atoms with Gasteiger partial charge in [-0.05, 0) is 30.7 Å². The molecule has 0 bridgehead atoms. The van der Waals surface area contributed by atoms with Crippen molar-refractivity contribution < 1.29 is 13.2 Å². The second-order valence-corrected chi connectivity index (χ2v) is 6.65. The highest BCUT2D eigenvalue weighted by Gasteiger charge is 2.27. The molecule has 0 aromatic heterocycles. The Morgan fingerprint density at radius 3 is 2.35 bits per heavy atom. The predicted molar refractivity (Wildman–Crippen MR) is 76.8 cm³/mol. The van der Waals surface area contributed by atoms with Crippen molar-refractivity contribution in [2.45, 2.75) is 6.92 Å². The van der Waals surface area contributed by atoms with Gasteiger partial charge >= 0.3 is 0 Å². The molecule has 1 amide bonds. The summed E-state index contributed by atoms with van der Waals surface area (Å²) in [6, 6.07) is 5.09. The van der Waals surface area contributed by atoms with Gasteiger partial charge in [0.05, 0.1) is 0 Å². The van der Waals surface area contributed by atoms with Gasteiger partial charge in [-0.25, -0.2) is 5.14 Å². The van der Waals surface area contributed by atoms with Gasteiger partial charge in [0.2, 0.25) is 0 Å². The van der Waals surface area contributed by atoms with E-state index >= 15 is 0 Å². The van der Waals surface area contributed by atoms with E-state index in [-0.39, 0.29) is 19.0 Å². The maximum atomic E-state index is 12.3. The summed E-state index contributed by atoms with van der Waals surface area (Å²) in [5, 5.41) is 5.67. The highest BCUT2D eigenvalue weighted by molar-refractivity contribution is 7.86. The molecule has 0 aliphatic carbocycles. The largest absolute Gasteiger partial charge is 0.336 e. The number of aryl methyl sites for hydroxylation is 1. The zero-order chi connectivity index (χ0) is 14.9. The van der Waals surface area contributed by atoms with Crippen molar-refractivity contribution in [2.75, 3.05) is 26.2 Å². The van der Waals surface area contributed by atoms with Gasteiger partial charge in [-0.3, -0.25) is 4.79 Å². The van der Waals surface area contributed by atoms with Crippen LogP contribution in [0.1, 0.15) is 15.9 Å². The summed E-state index contributed by atoms with van der Waals surface area (Å²) in [4.78, 5) is 13.9. The third-order valence-electron chi connectivity index (χ3n) is 3.29. The lowest BCUT2D eigenvalue weighted by Gasteiger charge is -2.33. The molecule has 8 heteroatoms. The van der Waals surface area contributed by atoms with Crippen molar-refractivity contribution >= 4 is 27.7 Å². The molecule has 1 heterocycles. The maximum absolute atomic E-state index is 12.3. The number of amides is 1. The number of halogens is 1. The third kappa shape index (κ3) is 3.29. The summed E-state index contributed by atoms with van der Waals surface area (Å²) in [6.07, 6.45) is 0. The highest BCUT2D eigenvalue weighted by Crippen LogP contribution is 2.18. The van der Waals surface area contributed by atoms with Gasteiger partial charge in [-0.1, -0.05) is 11.6 Å². The topological polar surface area (TPSA) is 83.7 Å². The van der Waals surface area contributed by atoms with E-state index in [0.717, 1.165) is 5.56 Å². The zero-order valence-corrected chi connectivity index (χ0v) is 12.6. The molecule has 2 N–H and O–H groups in total. The molecular weight excluding hydrogens is 302 g/mol. The fourth-order valence-electron chi connectivity index (χ4n) is 2.11. The van der Waals surface area contributed by atoms with Gasteiger partial charge in [0.25, 0.3) is 16.1 Å². The Balaban J connectivity index is 2.07. The lowest BCUT2D eigenvalue weighted by atomic mass is 10.1. The molecule has 6 nitrogen and oxygen atoms in total. The first-order chi connectivity index (χ1) is 9.29. The van der Waals surface area contributed by atoms with Crippen LogP contribution in [0.3, 0.4) is 0 Å². The standard InChI is InChI=1S/C12H16ClN3O3S/c1-9-8-10(2-3-11(9)13)12(17)15-4-6-16(7-5-15)20(14,18)19/h2-3,8H,4-7H2,1H3,(H2,14,18,19). The normalized spacial score (nSPS) is 17.2. The summed E-state index contributed by atoms with van der Waals surface area (Å²) >= 11 is 5.93. The minimum absolute atomic E-state index is 0.126. The Morgan fingerprint density at radius 1 is 1.25 bits per heavy atom. The molecule has 1 fully saturated rings.